The highest BCUT2D eigenvalue weighted by Crippen LogP contribution is 2.43. The van der Waals surface area contributed by atoms with Crippen molar-refractivity contribution in [3.8, 4) is 27.3 Å². The number of nitrogens with one attached hydrogen (secondary N) is 3. The number of ether oxygens (including phenoxy) is 3. The van der Waals surface area contributed by atoms with E-state index in [9.17, 15) is 19.2 Å². The number of hydrogen-bond donors (Lipinski definition) is 3. The molecule has 0 fully saturated rings. The van der Waals surface area contributed by atoms with Crippen LogP contribution >= 0.6 is 11.3 Å². The Bertz CT molecular complexity index is 1950. The van der Waals surface area contributed by atoms with Gasteiger partial charge in [0.1, 0.15) is 17.0 Å². The molecular weight excluding hydrogens is 681 g/mol. The molecule has 12 heteroatoms. The number of hydrogen-bond acceptors (Lipinski definition) is 9. The van der Waals surface area contributed by atoms with E-state index < -0.39 is 29.5 Å². The fourth-order valence-electron chi connectivity index (χ4n) is 6.10. The summed E-state index contributed by atoms with van der Waals surface area (Å²) in [7, 11) is 1.24. The van der Waals surface area contributed by atoms with Crippen molar-refractivity contribution in [2.45, 2.75) is 73.1 Å². The fourth-order valence-corrected chi connectivity index (χ4v) is 7.08. The van der Waals surface area contributed by atoms with Crippen LogP contribution in [-0.2, 0) is 22.4 Å². The fraction of sp³-hybridized carbons (Fsp3) is 0.375. The van der Waals surface area contributed by atoms with Crippen LogP contribution in [0.1, 0.15) is 90.9 Å². The first-order valence-corrected chi connectivity index (χ1v) is 18.2. The van der Waals surface area contributed by atoms with Crippen molar-refractivity contribution in [1.29, 1.82) is 0 Å². The molecule has 1 aliphatic rings. The number of amides is 3. The molecule has 2 aromatic heterocycles. The average molecular weight is 727 g/mol. The van der Waals surface area contributed by atoms with E-state index in [2.05, 4.69) is 27.0 Å². The third-order valence-corrected chi connectivity index (χ3v) is 9.55. The Kier molecular flexibility index (Phi) is 11.7. The zero-order chi connectivity index (χ0) is 37.7. The monoisotopic (exact) mass is 726 g/mol. The van der Waals surface area contributed by atoms with Crippen molar-refractivity contribution in [2.24, 2.45) is 11.8 Å². The summed E-state index contributed by atoms with van der Waals surface area (Å²) in [5, 5.41) is 10.8. The Hall–Kier alpha value is -5.23. The normalized spacial score (nSPS) is 12.4. The number of alkyl carbamates (subject to hydrolysis) is 1. The molecule has 0 saturated carbocycles. The second kappa shape index (κ2) is 16.0. The number of anilines is 1. The van der Waals surface area contributed by atoms with E-state index >= 15 is 0 Å². The molecule has 274 valence electrons. The molecule has 3 amide bonds. The van der Waals surface area contributed by atoms with Gasteiger partial charge in [-0.1, -0.05) is 39.8 Å². The van der Waals surface area contributed by atoms with E-state index in [4.69, 9.17) is 14.2 Å². The SMILES string of the molecule is COC(=O)c1nc(C(=O)NC(C(C)C)C(C)C)ccc1-c1cc2c(cc1C(=O)Nc1ccc(CNC(=O)OC(C)(C)C)cc1)-c1sccc1CCO2. The molecule has 0 saturated heterocycles. The molecule has 4 aromatic rings. The lowest BCUT2D eigenvalue weighted by Crippen LogP contribution is -2.42. The summed E-state index contributed by atoms with van der Waals surface area (Å²) in [6.07, 6.45) is 0.176. The number of methoxy groups -OCH3 is 1. The topological polar surface area (TPSA) is 145 Å². The summed E-state index contributed by atoms with van der Waals surface area (Å²) in [4.78, 5) is 58.5. The summed E-state index contributed by atoms with van der Waals surface area (Å²) < 4.78 is 16.6. The highest BCUT2D eigenvalue weighted by Gasteiger charge is 2.28. The van der Waals surface area contributed by atoms with Crippen molar-refractivity contribution in [3.63, 3.8) is 0 Å². The first-order chi connectivity index (χ1) is 24.6. The number of nitrogens with zero attached hydrogens (tertiary/aromatic N) is 1. The molecule has 0 unspecified atom stereocenters. The molecule has 1 aliphatic heterocycles. The summed E-state index contributed by atoms with van der Waals surface area (Å²) in [5.74, 6) is -0.691. The van der Waals surface area contributed by atoms with Crippen molar-refractivity contribution < 1.29 is 33.4 Å². The van der Waals surface area contributed by atoms with Crippen LogP contribution in [0.15, 0.2) is 60.0 Å². The smallest absolute Gasteiger partial charge is 0.407 e. The minimum absolute atomic E-state index is 0.0527. The zero-order valence-electron chi connectivity index (χ0n) is 30.8. The third-order valence-electron chi connectivity index (χ3n) is 8.56. The second-order valence-corrected chi connectivity index (χ2v) is 15.3. The number of rotatable bonds is 10. The molecule has 0 radical (unpaired) electrons. The highest BCUT2D eigenvalue weighted by atomic mass is 32.1. The Morgan fingerprint density at radius 3 is 2.27 bits per heavy atom. The first-order valence-electron chi connectivity index (χ1n) is 17.3. The lowest BCUT2D eigenvalue weighted by Gasteiger charge is -2.26. The maximum Gasteiger partial charge on any atom is 0.407 e. The van der Waals surface area contributed by atoms with Gasteiger partial charge in [-0.05, 0) is 91.6 Å². The molecule has 0 aliphatic carbocycles. The third kappa shape index (κ3) is 8.97. The van der Waals surface area contributed by atoms with Crippen LogP contribution < -0.4 is 20.7 Å². The highest BCUT2D eigenvalue weighted by molar-refractivity contribution is 7.13. The molecular formula is C40H46N4O7S. The van der Waals surface area contributed by atoms with Gasteiger partial charge in [0.2, 0.25) is 0 Å². The van der Waals surface area contributed by atoms with Crippen LogP contribution in [0.4, 0.5) is 10.5 Å². The van der Waals surface area contributed by atoms with Gasteiger partial charge in [0.15, 0.2) is 5.69 Å². The Balaban J connectivity index is 1.52. The van der Waals surface area contributed by atoms with Gasteiger partial charge in [-0.2, -0.15) is 0 Å². The number of carbonyl (C=O) groups excluding carboxylic acids is 4. The maximum absolute atomic E-state index is 14.2. The summed E-state index contributed by atoms with van der Waals surface area (Å²) in [5.41, 5.74) is 3.50. The van der Waals surface area contributed by atoms with Crippen LogP contribution in [0.5, 0.6) is 5.75 Å². The Morgan fingerprint density at radius 1 is 0.904 bits per heavy atom. The summed E-state index contributed by atoms with van der Waals surface area (Å²) in [6.45, 7) is 14.2. The van der Waals surface area contributed by atoms with E-state index in [1.807, 2.05) is 33.1 Å². The van der Waals surface area contributed by atoms with Crippen LogP contribution in [0.3, 0.4) is 0 Å². The van der Waals surface area contributed by atoms with Gasteiger partial charge >= 0.3 is 12.1 Å². The molecule has 2 aromatic carbocycles. The molecule has 3 N–H and O–H groups in total. The van der Waals surface area contributed by atoms with E-state index in [1.54, 1.807) is 80.6 Å². The predicted molar refractivity (Wildman–Crippen MR) is 202 cm³/mol. The van der Waals surface area contributed by atoms with Gasteiger partial charge in [-0.3, -0.25) is 9.59 Å². The lowest BCUT2D eigenvalue weighted by atomic mass is 9.92. The van der Waals surface area contributed by atoms with Crippen molar-refractivity contribution in [2.75, 3.05) is 19.0 Å². The lowest BCUT2D eigenvalue weighted by molar-refractivity contribution is 0.0522. The molecule has 3 heterocycles. The number of fused-ring (bicyclic) bond motifs is 3. The molecule has 0 atom stereocenters. The second-order valence-electron chi connectivity index (χ2n) is 14.3. The molecule has 52 heavy (non-hydrogen) atoms. The van der Waals surface area contributed by atoms with E-state index in [0.717, 1.165) is 21.6 Å². The van der Waals surface area contributed by atoms with E-state index in [-0.39, 0.29) is 41.4 Å². The van der Waals surface area contributed by atoms with Crippen molar-refractivity contribution >= 4 is 40.9 Å². The zero-order valence-corrected chi connectivity index (χ0v) is 31.7. The number of pyridine rings is 1. The number of aromatic nitrogens is 1. The number of benzene rings is 2. The number of thiophene rings is 1. The minimum Gasteiger partial charge on any atom is -0.493 e. The Labute approximate surface area is 308 Å². The standard InChI is InChI=1S/C40H46N4O7S/c1-22(2)33(23(3)4)44-37(46)31-14-13-27(34(43-31)38(47)49-8)28-20-32-30(35-25(15-17-50-32)16-18-52-35)19-29(28)36(45)42-26-11-9-24(10-12-26)21-41-39(48)51-40(5,6)7/h9-14,16,18-20,22-23,33H,15,17,21H2,1-8H3,(H,41,48)(H,42,45)(H,44,46). The van der Waals surface area contributed by atoms with Gasteiger partial charge in [0.05, 0.1) is 13.7 Å². The molecule has 0 bridgehead atoms. The maximum atomic E-state index is 14.2. The van der Waals surface area contributed by atoms with Crippen molar-refractivity contribution in [1.82, 2.24) is 15.6 Å². The minimum atomic E-state index is -0.757. The molecule has 11 nitrogen and oxygen atoms in total. The van der Waals surface area contributed by atoms with Crippen LogP contribution in [0.2, 0.25) is 0 Å². The van der Waals surface area contributed by atoms with Gasteiger partial charge < -0.3 is 30.2 Å². The van der Waals surface area contributed by atoms with Crippen LogP contribution in [0.25, 0.3) is 21.6 Å². The first kappa shape index (κ1) is 38.0. The molecule has 5 rings (SSSR count). The summed E-state index contributed by atoms with van der Waals surface area (Å²) >= 11 is 1.56. The van der Waals surface area contributed by atoms with E-state index in [0.29, 0.717) is 35.6 Å². The quantitative estimate of drug-likeness (QED) is 0.140. The van der Waals surface area contributed by atoms with Gasteiger partial charge in [0.25, 0.3) is 11.8 Å². The largest absolute Gasteiger partial charge is 0.493 e. The number of esters is 1. The average Bonchev–Trinajstić information content (AvgIpc) is 3.49. The van der Waals surface area contributed by atoms with Gasteiger partial charge in [-0.15, -0.1) is 11.3 Å². The summed E-state index contributed by atoms with van der Waals surface area (Å²) in [6, 6.07) is 15.7. The van der Waals surface area contributed by atoms with Crippen molar-refractivity contribution in [3.05, 3.63) is 88.1 Å². The van der Waals surface area contributed by atoms with Crippen LogP contribution in [-0.4, -0.2) is 54.2 Å². The van der Waals surface area contributed by atoms with Crippen LogP contribution in [0, 0.1) is 11.8 Å². The number of carbonyl (C=O) groups is 4. The van der Waals surface area contributed by atoms with Gasteiger partial charge in [-0.25, -0.2) is 14.6 Å². The Morgan fingerprint density at radius 2 is 1.62 bits per heavy atom. The van der Waals surface area contributed by atoms with Gasteiger partial charge in [0, 0.05) is 51.8 Å². The predicted octanol–water partition coefficient (Wildman–Crippen LogP) is 7.89. The van der Waals surface area contributed by atoms with E-state index in [1.165, 1.54) is 7.11 Å². The molecule has 0 spiro atoms.